The fraction of sp³-hybridized carbons (Fsp3) is 0.273. The summed E-state index contributed by atoms with van der Waals surface area (Å²) in [5.41, 5.74) is 1.98. The Bertz CT molecular complexity index is 476. The highest BCUT2D eigenvalue weighted by Crippen LogP contribution is 2.25. The number of aryl methyl sites for hydroxylation is 2. The summed E-state index contributed by atoms with van der Waals surface area (Å²) in [5, 5.41) is 4.93. The molecule has 3 nitrogen and oxygen atoms in total. The molecule has 0 aliphatic rings. The lowest BCUT2D eigenvalue weighted by Crippen LogP contribution is -1.94. The maximum Gasteiger partial charge on any atom is 0.196 e. The van der Waals surface area contributed by atoms with Crippen LogP contribution in [0.2, 0.25) is 5.02 Å². The Morgan fingerprint density at radius 2 is 2.27 bits per heavy atom. The lowest BCUT2D eigenvalue weighted by atomic mass is 10.1. The Morgan fingerprint density at radius 3 is 2.87 bits per heavy atom. The van der Waals surface area contributed by atoms with E-state index >= 15 is 0 Å². The normalized spacial score (nSPS) is 10.6. The Hall–Kier alpha value is -1.35. The number of rotatable bonds is 2. The predicted octanol–water partition coefficient (Wildman–Crippen LogP) is 2.73. The summed E-state index contributed by atoms with van der Waals surface area (Å²) < 4.78 is 1.66. The molecule has 2 aromatic rings. The van der Waals surface area contributed by atoms with E-state index < -0.39 is 0 Å². The van der Waals surface area contributed by atoms with Crippen molar-refractivity contribution in [1.82, 2.24) is 14.8 Å². The molecule has 0 aliphatic carbocycles. The molecule has 0 N–H and O–H groups in total. The molecule has 15 heavy (non-hydrogen) atoms. The first-order valence-electron chi connectivity index (χ1n) is 4.79. The molecular weight excluding hydrogens is 210 g/mol. The van der Waals surface area contributed by atoms with Crippen LogP contribution in [0.25, 0.3) is 11.4 Å². The van der Waals surface area contributed by atoms with Gasteiger partial charge >= 0.3 is 0 Å². The molecule has 0 fully saturated rings. The number of halogens is 1. The zero-order valence-corrected chi connectivity index (χ0v) is 9.41. The summed E-state index contributed by atoms with van der Waals surface area (Å²) >= 11 is 6.11. The van der Waals surface area contributed by atoms with Crippen LogP contribution >= 0.6 is 11.6 Å². The van der Waals surface area contributed by atoms with Crippen molar-refractivity contribution in [2.45, 2.75) is 20.4 Å². The standard InChI is InChI=1S/C11H11ClN3/c1-3-15-7-13-11(14-15)9-5-4-8(2)6-10(9)12/h4-6H,3H2,1-2H3. The van der Waals surface area contributed by atoms with Crippen LogP contribution in [0.1, 0.15) is 12.5 Å². The van der Waals surface area contributed by atoms with Crippen molar-refractivity contribution >= 4 is 11.6 Å². The third-order valence-corrected chi connectivity index (χ3v) is 2.46. The zero-order chi connectivity index (χ0) is 10.8. The largest absolute Gasteiger partial charge is 0.243 e. The van der Waals surface area contributed by atoms with Gasteiger partial charge in [0.2, 0.25) is 0 Å². The molecule has 0 bridgehead atoms. The highest BCUT2D eigenvalue weighted by molar-refractivity contribution is 6.33. The zero-order valence-electron chi connectivity index (χ0n) is 8.66. The maximum absolute atomic E-state index is 6.11. The molecule has 4 heteroatoms. The Morgan fingerprint density at radius 1 is 1.47 bits per heavy atom. The van der Waals surface area contributed by atoms with Crippen LogP contribution in [-0.2, 0) is 6.54 Å². The topological polar surface area (TPSA) is 30.7 Å². The van der Waals surface area contributed by atoms with E-state index in [-0.39, 0.29) is 0 Å². The van der Waals surface area contributed by atoms with Gasteiger partial charge < -0.3 is 0 Å². The van der Waals surface area contributed by atoms with Crippen molar-refractivity contribution < 1.29 is 0 Å². The number of nitrogens with zero attached hydrogens (tertiary/aromatic N) is 3. The van der Waals surface area contributed by atoms with E-state index in [4.69, 9.17) is 11.6 Å². The van der Waals surface area contributed by atoms with Crippen LogP contribution in [0.4, 0.5) is 0 Å². The number of aromatic nitrogens is 3. The Labute approximate surface area is 93.7 Å². The van der Waals surface area contributed by atoms with Crippen LogP contribution in [0.15, 0.2) is 18.2 Å². The van der Waals surface area contributed by atoms with Gasteiger partial charge in [0, 0.05) is 12.1 Å². The van der Waals surface area contributed by atoms with E-state index in [0.29, 0.717) is 10.8 Å². The van der Waals surface area contributed by atoms with Crippen LogP contribution in [0.3, 0.4) is 0 Å². The SMILES string of the molecule is CCn1[c]nc(-c2ccc(C)cc2Cl)n1. The molecule has 0 amide bonds. The Balaban J connectivity index is 2.44. The smallest absolute Gasteiger partial charge is 0.196 e. The Kier molecular flexibility index (Phi) is 2.73. The first-order valence-corrected chi connectivity index (χ1v) is 5.17. The van der Waals surface area contributed by atoms with Gasteiger partial charge in [-0.2, -0.15) is 5.10 Å². The van der Waals surface area contributed by atoms with E-state index in [2.05, 4.69) is 16.4 Å². The van der Waals surface area contributed by atoms with Gasteiger partial charge in [-0.25, -0.2) is 9.67 Å². The van der Waals surface area contributed by atoms with E-state index in [9.17, 15) is 0 Å². The highest BCUT2D eigenvalue weighted by Gasteiger charge is 2.08. The summed E-state index contributed by atoms with van der Waals surface area (Å²) in [6, 6.07) is 5.83. The molecule has 0 saturated carbocycles. The van der Waals surface area contributed by atoms with Gasteiger partial charge in [-0.05, 0) is 31.5 Å². The molecule has 0 unspecified atom stereocenters. The highest BCUT2D eigenvalue weighted by atomic mass is 35.5. The van der Waals surface area contributed by atoms with Crippen molar-refractivity contribution in [3.05, 3.63) is 35.1 Å². The van der Waals surface area contributed by atoms with Gasteiger partial charge in [-0.1, -0.05) is 17.7 Å². The first kappa shape index (κ1) is 10.2. The van der Waals surface area contributed by atoms with Gasteiger partial charge in [0.25, 0.3) is 0 Å². The molecule has 0 atom stereocenters. The van der Waals surface area contributed by atoms with Crippen LogP contribution in [0.5, 0.6) is 0 Å². The van der Waals surface area contributed by atoms with Crippen LogP contribution in [-0.4, -0.2) is 14.8 Å². The predicted molar refractivity (Wildman–Crippen MR) is 59.7 cm³/mol. The van der Waals surface area contributed by atoms with Crippen molar-refractivity contribution in [2.24, 2.45) is 0 Å². The second-order valence-electron chi connectivity index (χ2n) is 3.33. The fourth-order valence-corrected chi connectivity index (χ4v) is 1.64. The van der Waals surface area contributed by atoms with Gasteiger partial charge in [-0.15, -0.1) is 0 Å². The molecule has 1 aromatic carbocycles. The summed E-state index contributed by atoms with van der Waals surface area (Å²) in [6.07, 6.45) is 2.79. The van der Waals surface area contributed by atoms with Gasteiger partial charge in [0.05, 0.1) is 5.02 Å². The molecule has 1 radical (unpaired) electrons. The van der Waals surface area contributed by atoms with Crippen molar-refractivity contribution in [3.63, 3.8) is 0 Å². The minimum atomic E-state index is 0.627. The quantitative estimate of drug-likeness (QED) is 0.779. The third kappa shape index (κ3) is 2.02. The maximum atomic E-state index is 6.11. The van der Waals surface area contributed by atoms with Gasteiger partial charge in [-0.3, -0.25) is 0 Å². The molecule has 2 rings (SSSR count). The molecule has 0 spiro atoms. The average Bonchev–Trinajstić information content (AvgIpc) is 2.66. The number of hydrogen-bond donors (Lipinski definition) is 0. The molecule has 0 aliphatic heterocycles. The summed E-state index contributed by atoms with van der Waals surface area (Å²) in [7, 11) is 0. The van der Waals surface area contributed by atoms with Gasteiger partial charge in [0.15, 0.2) is 12.2 Å². The number of hydrogen-bond acceptors (Lipinski definition) is 2. The second kappa shape index (κ2) is 4.03. The minimum Gasteiger partial charge on any atom is -0.243 e. The molecule has 77 valence electrons. The fourth-order valence-electron chi connectivity index (χ4n) is 1.32. The molecular formula is C11H11ClN3. The molecule has 1 heterocycles. The summed E-state index contributed by atoms with van der Waals surface area (Å²) in [5.74, 6) is 0.627. The van der Waals surface area contributed by atoms with E-state index in [0.717, 1.165) is 17.7 Å². The van der Waals surface area contributed by atoms with Crippen LogP contribution < -0.4 is 0 Å². The van der Waals surface area contributed by atoms with Crippen molar-refractivity contribution in [1.29, 1.82) is 0 Å². The molecule has 0 saturated heterocycles. The van der Waals surface area contributed by atoms with Crippen molar-refractivity contribution in [3.8, 4) is 11.4 Å². The van der Waals surface area contributed by atoms with E-state index in [1.165, 1.54) is 0 Å². The first-order chi connectivity index (χ1) is 7.20. The van der Waals surface area contributed by atoms with E-state index in [1.54, 1.807) is 4.68 Å². The van der Waals surface area contributed by atoms with Gasteiger partial charge in [0.1, 0.15) is 0 Å². The third-order valence-electron chi connectivity index (χ3n) is 2.15. The minimum absolute atomic E-state index is 0.627. The lowest BCUT2D eigenvalue weighted by Gasteiger charge is -2.00. The number of benzene rings is 1. The lowest BCUT2D eigenvalue weighted by molar-refractivity contribution is 0.654. The molecule has 1 aromatic heterocycles. The summed E-state index contributed by atoms with van der Waals surface area (Å²) in [6.45, 7) is 4.75. The monoisotopic (exact) mass is 220 g/mol. The average molecular weight is 221 g/mol. The summed E-state index contributed by atoms with van der Waals surface area (Å²) in [4.78, 5) is 4.09. The van der Waals surface area contributed by atoms with E-state index in [1.807, 2.05) is 32.0 Å². The van der Waals surface area contributed by atoms with Crippen LogP contribution in [0, 0.1) is 13.3 Å². The second-order valence-corrected chi connectivity index (χ2v) is 3.74. The van der Waals surface area contributed by atoms with Crippen molar-refractivity contribution in [2.75, 3.05) is 0 Å².